The summed E-state index contributed by atoms with van der Waals surface area (Å²) in [5.41, 5.74) is 4.71. The Bertz CT molecular complexity index is 702. The monoisotopic (exact) mass is 315 g/mol. The smallest absolute Gasteiger partial charge is 0.317 e. The molecule has 23 heavy (non-hydrogen) atoms. The first-order valence-corrected chi connectivity index (χ1v) is 8.23. The molecule has 0 bridgehead atoms. The molecule has 1 atom stereocenters. The van der Waals surface area contributed by atoms with Crippen LogP contribution in [0.2, 0.25) is 0 Å². The fraction of sp³-hybridized carbons (Fsp3) is 0.500. The molecule has 2 aromatic rings. The number of urea groups is 1. The van der Waals surface area contributed by atoms with Gasteiger partial charge in [-0.05, 0) is 49.9 Å². The van der Waals surface area contributed by atoms with E-state index in [1.54, 1.807) is 4.90 Å². The molecule has 1 fully saturated rings. The molecule has 1 aliphatic heterocycles. The third-order valence-electron chi connectivity index (χ3n) is 4.66. The maximum Gasteiger partial charge on any atom is 0.317 e. The minimum absolute atomic E-state index is 0.0532. The molecule has 2 amide bonds. The van der Waals surface area contributed by atoms with Gasteiger partial charge in [0.15, 0.2) is 0 Å². The minimum Gasteiger partial charge on any atom is -0.376 e. The first kappa shape index (κ1) is 15.9. The van der Waals surface area contributed by atoms with Gasteiger partial charge in [-0.1, -0.05) is 6.07 Å². The number of amides is 2. The summed E-state index contributed by atoms with van der Waals surface area (Å²) >= 11 is 0. The van der Waals surface area contributed by atoms with E-state index in [9.17, 15) is 4.79 Å². The Balaban J connectivity index is 1.58. The molecule has 1 aliphatic rings. The number of aryl methyl sites for hydroxylation is 2. The average Bonchev–Trinajstić information content (AvgIpc) is 3.14. The van der Waals surface area contributed by atoms with Crippen LogP contribution in [0.5, 0.6) is 0 Å². The van der Waals surface area contributed by atoms with Crippen molar-refractivity contribution in [2.75, 3.05) is 20.2 Å². The molecular weight excluding hydrogens is 290 g/mol. The number of aromatic nitrogens is 1. The summed E-state index contributed by atoms with van der Waals surface area (Å²) in [6.07, 6.45) is 2.32. The van der Waals surface area contributed by atoms with E-state index in [1.165, 1.54) is 16.6 Å². The average molecular weight is 315 g/mol. The van der Waals surface area contributed by atoms with E-state index in [2.05, 4.69) is 42.3 Å². The molecule has 0 saturated carbocycles. The highest BCUT2D eigenvalue weighted by molar-refractivity contribution is 5.85. The van der Waals surface area contributed by atoms with Crippen molar-refractivity contribution >= 4 is 16.9 Å². The number of ether oxygens (including phenoxy) is 1. The third-order valence-corrected chi connectivity index (χ3v) is 4.66. The molecule has 3 rings (SSSR count). The number of fused-ring (bicyclic) bond motifs is 1. The molecule has 1 saturated heterocycles. The first-order chi connectivity index (χ1) is 11.0. The van der Waals surface area contributed by atoms with E-state index in [0.717, 1.165) is 30.5 Å². The second-order valence-electron chi connectivity index (χ2n) is 6.43. The summed E-state index contributed by atoms with van der Waals surface area (Å²) in [4.78, 5) is 17.3. The van der Waals surface area contributed by atoms with Crippen LogP contribution in [-0.2, 0) is 11.3 Å². The van der Waals surface area contributed by atoms with E-state index < -0.39 is 0 Å². The predicted octanol–water partition coefficient (Wildman–Crippen LogP) is 3.11. The van der Waals surface area contributed by atoms with Gasteiger partial charge in [0.1, 0.15) is 0 Å². The van der Waals surface area contributed by atoms with Gasteiger partial charge in [0, 0.05) is 43.3 Å². The molecule has 5 heteroatoms. The Morgan fingerprint density at radius 3 is 3.00 bits per heavy atom. The Hall–Kier alpha value is -2.01. The minimum atomic E-state index is -0.0532. The van der Waals surface area contributed by atoms with E-state index in [0.29, 0.717) is 13.1 Å². The summed E-state index contributed by atoms with van der Waals surface area (Å²) < 4.78 is 5.58. The molecule has 0 aliphatic carbocycles. The van der Waals surface area contributed by atoms with Crippen molar-refractivity contribution in [2.24, 2.45) is 0 Å². The Labute approximate surface area is 137 Å². The number of rotatable bonds is 4. The quantitative estimate of drug-likeness (QED) is 0.911. The fourth-order valence-corrected chi connectivity index (χ4v) is 3.11. The van der Waals surface area contributed by atoms with Crippen molar-refractivity contribution in [3.63, 3.8) is 0 Å². The van der Waals surface area contributed by atoms with Gasteiger partial charge in [0.05, 0.1) is 6.10 Å². The van der Waals surface area contributed by atoms with Gasteiger partial charge < -0.3 is 19.9 Å². The van der Waals surface area contributed by atoms with E-state index in [1.807, 2.05) is 7.05 Å². The van der Waals surface area contributed by atoms with Crippen LogP contribution in [0.1, 0.15) is 29.7 Å². The Morgan fingerprint density at radius 1 is 1.43 bits per heavy atom. The lowest BCUT2D eigenvalue weighted by atomic mass is 10.1. The van der Waals surface area contributed by atoms with Crippen molar-refractivity contribution in [2.45, 2.75) is 39.3 Å². The van der Waals surface area contributed by atoms with Gasteiger partial charge in [-0.2, -0.15) is 0 Å². The molecule has 0 spiro atoms. The molecule has 124 valence electrons. The third kappa shape index (κ3) is 3.50. The molecule has 1 aromatic heterocycles. The van der Waals surface area contributed by atoms with Crippen LogP contribution in [0.4, 0.5) is 4.79 Å². The van der Waals surface area contributed by atoms with Crippen molar-refractivity contribution in [1.29, 1.82) is 0 Å². The second-order valence-corrected chi connectivity index (χ2v) is 6.43. The number of carbonyl (C=O) groups is 1. The molecule has 2 heterocycles. The summed E-state index contributed by atoms with van der Waals surface area (Å²) in [6, 6.07) is 6.22. The van der Waals surface area contributed by atoms with Crippen LogP contribution in [0.15, 0.2) is 18.2 Å². The highest BCUT2D eigenvalue weighted by atomic mass is 16.5. The van der Waals surface area contributed by atoms with Crippen LogP contribution < -0.4 is 5.32 Å². The molecule has 1 aromatic carbocycles. The maximum absolute atomic E-state index is 12.2. The van der Waals surface area contributed by atoms with Crippen molar-refractivity contribution in [3.8, 4) is 0 Å². The van der Waals surface area contributed by atoms with Gasteiger partial charge in [-0.15, -0.1) is 0 Å². The highest BCUT2D eigenvalue weighted by Gasteiger charge is 2.19. The zero-order valence-electron chi connectivity index (χ0n) is 14.1. The lowest BCUT2D eigenvalue weighted by molar-refractivity contribution is 0.0874. The van der Waals surface area contributed by atoms with Crippen LogP contribution in [0.3, 0.4) is 0 Å². The molecular formula is C18H25N3O2. The second kappa shape index (κ2) is 6.62. The summed E-state index contributed by atoms with van der Waals surface area (Å²) in [5.74, 6) is 0. The Kier molecular flexibility index (Phi) is 4.57. The number of H-pyrrole nitrogens is 1. The van der Waals surface area contributed by atoms with E-state index in [-0.39, 0.29) is 12.1 Å². The number of carbonyl (C=O) groups excluding carboxylic acids is 1. The number of nitrogens with zero attached hydrogens (tertiary/aromatic N) is 1. The normalized spacial score (nSPS) is 17.6. The number of hydrogen-bond donors (Lipinski definition) is 2. The van der Waals surface area contributed by atoms with Crippen molar-refractivity contribution in [1.82, 2.24) is 15.2 Å². The van der Waals surface area contributed by atoms with Crippen LogP contribution in [-0.4, -0.2) is 42.2 Å². The number of aromatic amines is 1. The van der Waals surface area contributed by atoms with E-state index >= 15 is 0 Å². The van der Waals surface area contributed by atoms with Crippen LogP contribution >= 0.6 is 0 Å². The maximum atomic E-state index is 12.2. The zero-order valence-corrected chi connectivity index (χ0v) is 14.1. The lowest BCUT2D eigenvalue weighted by Crippen LogP contribution is -2.40. The van der Waals surface area contributed by atoms with Gasteiger partial charge in [-0.25, -0.2) is 4.79 Å². The highest BCUT2D eigenvalue weighted by Crippen LogP contribution is 2.22. The largest absolute Gasteiger partial charge is 0.376 e. The molecule has 0 radical (unpaired) electrons. The fourth-order valence-electron chi connectivity index (χ4n) is 3.11. The number of benzene rings is 1. The topological polar surface area (TPSA) is 57.4 Å². The van der Waals surface area contributed by atoms with Crippen molar-refractivity contribution in [3.05, 3.63) is 35.0 Å². The molecule has 2 N–H and O–H groups in total. The number of nitrogens with one attached hydrogen (secondary N) is 2. The molecule has 0 unspecified atom stereocenters. The first-order valence-electron chi connectivity index (χ1n) is 8.23. The molecule has 5 nitrogen and oxygen atoms in total. The standard InChI is InChI=1S/C18H25N3O2/c1-12-13(2)20-17-7-6-14(9-16(12)17)10-19-18(22)21(3)11-15-5-4-8-23-15/h6-7,9,15,20H,4-5,8,10-11H2,1-3H3,(H,19,22)/t15-/m1/s1. The van der Waals surface area contributed by atoms with Crippen LogP contribution in [0, 0.1) is 13.8 Å². The van der Waals surface area contributed by atoms with E-state index in [4.69, 9.17) is 4.74 Å². The van der Waals surface area contributed by atoms with Gasteiger partial charge in [0.25, 0.3) is 0 Å². The summed E-state index contributed by atoms with van der Waals surface area (Å²) in [5, 5.41) is 4.21. The number of likely N-dealkylation sites (N-methyl/N-ethyl adjacent to an activating group) is 1. The SMILES string of the molecule is Cc1[nH]c2ccc(CNC(=O)N(C)C[C@H]3CCCO3)cc2c1C. The van der Waals surface area contributed by atoms with Gasteiger partial charge in [-0.3, -0.25) is 0 Å². The summed E-state index contributed by atoms with van der Waals surface area (Å²) in [6.45, 7) is 6.20. The predicted molar refractivity (Wildman–Crippen MR) is 91.6 cm³/mol. The summed E-state index contributed by atoms with van der Waals surface area (Å²) in [7, 11) is 1.82. The van der Waals surface area contributed by atoms with Crippen molar-refractivity contribution < 1.29 is 9.53 Å². The number of hydrogen-bond acceptors (Lipinski definition) is 2. The Morgan fingerprint density at radius 2 is 2.26 bits per heavy atom. The van der Waals surface area contributed by atoms with Crippen LogP contribution in [0.25, 0.3) is 10.9 Å². The lowest BCUT2D eigenvalue weighted by Gasteiger charge is -2.21. The van der Waals surface area contributed by atoms with Gasteiger partial charge in [0.2, 0.25) is 0 Å². The zero-order chi connectivity index (χ0) is 16.4. The van der Waals surface area contributed by atoms with Gasteiger partial charge >= 0.3 is 6.03 Å².